The second-order valence-corrected chi connectivity index (χ2v) is 48.7. The van der Waals surface area contributed by atoms with Crippen LogP contribution in [0.4, 0.5) is 0 Å². The average Bonchev–Trinajstić information content (AvgIpc) is 0.853. The topological polar surface area (TPSA) is 0 Å². The third kappa shape index (κ3) is 37.8. The van der Waals surface area contributed by atoms with Crippen molar-refractivity contribution in [2.24, 2.45) is 0 Å². The molecule has 0 aliphatic heterocycles. The van der Waals surface area contributed by atoms with Gasteiger partial charge in [0, 0.05) is 179 Å². The van der Waals surface area contributed by atoms with Crippen molar-refractivity contribution in [3.8, 4) is 0 Å². The second-order valence-electron chi connectivity index (χ2n) is 31.3. The summed E-state index contributed by atoms with van der Waals surface area (Å²) in [5, 5.41) is 30.1. The van der Waals surface area contributed by atoms with Crippen LogP contribution in [0, 0.1) is 0 Å². The molecule has 0 unspecified atom stereocenters. The summed E-state index contributed by atoms with van der Waals surface area (Å²) in [5.74, 6) is 0. The van der Waals surface area contributed by atoms with Gasteiger partial charge in [-0.25, -0.2) is 0 Å². The molecule has 0 fully saturated rings. The fraction of sp³-hybridized carbons (Fsp3) is 0. The van der Waals surface area contributed by atoms with Crippen LogP contribution in [-0.2, 0) is 179 Å². The Balaban J connectivity index is 0.000000221. The predicted molar refractivity (Wildman–Crippen MR) is 606 cm³/mol. The van der Waals surface area contributed by atoms with Gasteiger partial charge in [-0.15, -0.1) is 0 Å². The molecule has 8 radical (unpaired) electrons. The molecule has 0 atom stereocenters. The summed E-state index contributed by atoms with van der Waals surface area (Å²) in [6, 6.07) is 227. The smallest absolute Gasteiger partial charge is 0.0620 e. The first kappa shape index (κ1) is 120. The molecule has 0 spiro atoms. The van der Waals surface area contributed by atoms with E-state index in [1.54, 1.807) is 0 Å². The normalized spacial score (nSPS) is 9.98. The SMILES string of the molecule is [Au].[Au].[Au].[Au].[Au].[Au].[Au].[Au].c1ccc([PH+](c2ccccc2)c2ccccc2)cc1.c1ccc([PH+](c2ccccc2)c2ccccc2)cc1.c1ccc([PH+](c2ccccc2)c2ccccc2)cc1.c1ccc([PH+](c2ccccc2)c2ccccc2)cc1.c1ccc([PH+](c2ccccc2)c2ccccc2)cc1.c1ccc([PH+](c2ccccc2)c2ccccc2)cc1.c1ccc([PH+](c2ccccc2)c2ccccc2)cc1. The molecule has 0 aromatic heterocycles. The van der Waals surface area contributed by atoms with Crippen LogP contribution in [0.3, 0.4) is 0 Å². The molecule has 21 aromatic carbocycles. The summed E-state index contributed by atoms with van der Waals surface area (Å²) in [6.45, 7) is 0. The van der Waals surface area contributed by atoms with Crippen molar-refractivity contribution in [2.45, 2.75) is 0 Å². The van der Waals surface area contributed by atoms with Crippen molar-refractivity contribution in [3.63, 3.8) is 0 Å². The third-order valence-corrected chi connectivity index (χ3v) is 41.4. The second kappa shape index (κ2) is 69.6. The first-order valence-electron chi connectivity index (χ1n) is 45.4. The number of rotatable bonds is 21. The van der Waals surface area contributed by atoms with Crippen LogP contribution in [-0.4, -0.2) is 0 Å². The summed E-state index contributed by atoms with van der Waals surface area (Å²) in [4.78, 5) is 0. The number of benzene rings is 21. The van der Waals surface area contributed by atoms with Crippen LogP contribution in [0.15, 0.2) is 637 Å². The van der Waals surface area contributed by atoms with E-state index in [1.165, 1.54) is 111 Å². The molecular formula is C126H112Au8P7+7. The Hall–Kier alpha value is -7.45. The fourth-order valence-corrected chi connectivity index (χ4v) is 34.2. The van der Waals surface area contributed by atoms with Crippen LogP contribution in [0.1, 0.15) is 0 Å². The van der Waals surface area contributed by atoms with E-state index < -0.39 is 55.5 Å². The van der Waals surface area contributed by atoms with E-state index in [1.807, 2.05) is 0 Å². The van der Waals surface area contributed by atoms with Crippen molar-refractivity contribution in [3.05, 3.63) is 637 Å². The molecule has 0 saturated carbocycles. The quantitative estimate of drug-likeness (QED) is 0.0497. The summed E-state index contributed by atoms with van der Waals surface area (Å²) in [6.07, 6.45) is 0. The largest absolute Gasteiger partial charge is 0.102 e. The van der Waals surface area contributed by atoms with Crippen molar-refractivity contribution in [1.29, 1.82) is 0 Å². The minimum atomic E-state index is -0.877. The molecule has 21 aromatic rings. The van der Waals surface area contributed by atoms with Gasteiger partial charge >= 0.3 is 0 Å². The van der Waals surface area contributed by atoms with Crippen molar-refractivity contribution in [2.75, 3.05) is 0 Å². The first-order valence-corrected chi connectivity index (χ1v) is 55.9. The van der Waals surface area contributed by atoms with Gasteiger partial charge in [0.1, 0.15) is 111 Å². The molecule has 0 aliphatic rings. The molecule has 0 saturated heterocycles. The van der Waals surface area contributed by atoms with Gasteiger partial charge in [0.05, 0.1) is 55.5 Å². The van der Waals surface area contributed by atoms with Crippen LogP contribution in [0.25, 0.3) is 0 Å². The molecular weight excluding hydrogens is 3310 g/mol. The van der Waals surface area contributed by atoms with E-state index in [-0.39, 0.29) is 179 Å². The Morgan fingerprint density at radius 3 is 0.128 bits per heavy atom. The molecule has 0 N–H and O–H groups in total. The maximum Gasteiger partial charge on any atom is 0.102 e. The Kier molecular flexibility index (Phi) is 59.5. The summed E-state index contributed by atoms with van der Waals surface area (Å²) < 4.78 is 0. The standard InChI is InChI=1S/7C18H15P.8Au/c7*1-4-10-16(11-5-1)19(17-12-6-2-7-13-17)18-14-8-3-9-15-18;;;;;;;;/h7*1-15H;;;;;;;;/p+7. The van der Waals surface area contributed by atoms with Crippen LogP contribution in [0.5, 0.6) is 0 Å². The van der Waals surface area contributed by atoms with Gasteiger partial charge < -0.3 is 0 Å². The number of hydrogen-bond donors (Lipinski definition) is 0. The molecule has 0 nitrogen and oxygen atoms in total. The minimum Gasteiger partial charge on any atom is -0.0620 e. The van der Waals surface area contributed by atoms with Crippen LogP contribution < -0.4 is 111 Å². The molecule has 0 bridgehead atoms. The van der Waals surface area contributed by atoms with Crippen molar-refractivity contribution < 1.29 is 179 Å². The van der Waals surface area contributed by atoms with E-state index in [0.29, 0.717) is 0 Å². The van der Waals surface area contributed by atoms with E-state index in [2.05, 4.69) is 637 Å². The monoisotopic (exact) mass is 3420 g/mol. The Labute approximate surface area is 970 Å². The zero-order valence-corrected chi connectivity index (χ0v) is 101. The fourth-order valence-electron chi connectivity index (χ4n) is 16.2. The van der Waals surface area contributed by atoms with Gasteiger partial charge in [-0.2, -0.15) is 0 Å². The minimum absolute atomic E-state index is 0. The Morgan fingerprint density at radius 2 is 0.0922 bits per heavy atom. The molecule has 732 valence electrons. The van der Waals surface area contributed by atoms with Crippen LogP contribution >= 0.6 is 55.5 Å². The van der Waals surface area contributed by atoms with Crippen LogP contribution in [0.2, 0.25) is 0 Å². The van der Waals surface area contributed by atoms with Gasteiger partial charge in [0.15, 0.2) is 0 Å². The maximum atomic E-state index is 2.24. The third-order valence-electron chi connectivity index (χ3n) is 22.3. The Bertz CT molecular complexity index is 4870. The molecule has 0 aliphatic carbocycles. The van der Waals surface area contributed by atoms with Gasteiger partial charge in [-0.05, 0) is 255 Å². The number of hydrogen-bond acceptors (Lipinski definition) is 0. The average molecular weight is 3420 g/mol. The van der Waals surface area contributed by atoms with Gasteiger partial charge in [-0.1, -0.05) is 382 Å². The molecule has 21 rings (SSSR count). The van der Waals surface area contributed by atoms with E-state index >= 15 is 0 Å². The van der Waals surface area contributed by atoms with Gasteiger partial charge in [0.25, 0.3) is 0 Å². The summed E-state index contributed by atoms with van der Waals surface area (Å²) >= 11 is 0. The maximum absolute atomic E-state index is 2.24. The molecule has 15 heteroatoms. The zero-order valence-electron chi connectivity index (χ0n) is 77.0. The van der Waals surface area contributed by atoms with Gasteiger partial charge in [-0.3, -0.25) is 0 Å². The molecule has 141 heavy (non-hydrogen) atoms. The van der Waals surface area contributed by atoms with Crippen molar-refractivity contribution in [1.82, 2.24) is 0 Å². The Morgan fingerprint density at radius 1 is 0.0567 bits per heavy atom. The molecule has 0 amide bonds. The summed E-state index contributed by atoms with van der Waals surface area (Å²) in [5.41, 5.74) is 0. The summed E-state index contributed by atoms with van der Waals surface area (Å²) in [7, 11) is -6.14. The van der Waals surface area contributed by atoms with Gasteiger partial charge in [0.2, 0.25) is 0 Å². The van der Waals surface area contributed by atoms with Crippen molar-refractivity contribution >= 4 is 167 Å². The zero-order chi connectivity index (χ0) is 90.4. The first-order chi connectivity index (χ1) is 66.1. The van der Waals surface area contributed by atoms with E-state index in [0.717, 1.165) is 0 Å². The van der Waals surface area contributed by atoms with E-state index in [9.17, 15) is 0 Å². The predicted octanol–water partition coefficient (Wildman–Crippen LogP) is 22.2. The molecule has 0 heterocycles. The van der Waals surface area contributed by atoms with E-state index in [4.69, 9.17) is 0 Å².